The van der Waals surface area contributed by atoms with Crippen LogP contribution in [0.5, 0.6) is 0 Å². The van der Waals surface area contributed by atoms with Gasteiger partial charge in [-0.15, -0.1) is 11.3 Å². The molecule has 0 aliphatic heterocycles. The molecule has 9 heteroatoms. The molecule has 17 heavy (non-hydrogen) atoms. The second-order valence-electron chi connectivity index (χ2n) is 3.33. The molecule has 96 valence electrons. The van der Waals surface area contributed by atoms with Crippen LogP contribution >= 0.6 is 11.3 Å². The zero-order valence-corrected chi connectivity index (χ0v) is 10.6. The topological polar surface area (TPSA) is 117 Å². The van der Waals surface area contributed by atoms with Crippen molar-refractivity contribution >= 4 is 27.3 Å². The third-order valence-electron chi connectivity index (χ3n) is 1.90. The first-order valence-corrected chi connectivity index (χ1v) is 7.04. The van der Waals surface area contributed by atoms with Crippen molar-refractivity contribution in [1.82, 2.24) is 9.71 Å². The van der Waals surface area contributed by atoms with Crippen LogP contribution in [0.3, 0.4) is 0 Å². The Balaban J connectivity index is 2.97. The molecule has 0 fully saturated rings. The summed E-state index contributed by atoms with van der Waals surface area (Å²) >= 11 is 0.740. The van der Waals surface area contributed by atoms with Crippen LogP contribution in [-0.4, -0.2) is 42.2 Å². The van der Waals surface area contributed by atoms with Crippen molar-refractivity contribution in [3.05, 3.63) is 11.2 Å². The molecular formula is C8H12N2O5S2. The largest absolute Gasteiger partial charge is 0.476 e. The molecule has 1 atom stereocenters. The lowest BCUT2D eigenvalue weighted by atomic mass is 10.3. The third-order valence-corrected chi connectivity index (χ3v) is 4.86. The molecule has 1 heterocycles. The number of carboxylic acid groups (broad SMARTS) is 1. The number of aliphatic hydroxyl groups is 1. The van der Waals surface area contributed by atoms with E-state index in [1.165, 1.54) is 0 Å². The van der Waals surface area contributed by atoms with Crippen molar-refractivity contribution in [2.75, 3.05) is 6.61 Å². The zero-order chi connectivity index (χ0) is 13.1. The molecule has 0 saturated carbocycles. The normalized spacial score (nSPS) is 13.5. The van der Waals surface area contributed by atoms with Crippen molar-refractivity contribution in [3.8, 4) is 0 Å². The van der Waals surface area contributed by atoms with Gasteiger partial charge in [-0.3, -0.25) is 0 Å². The van der Waals surface area contributed by atoms with Gasteiger partial charge in [0.2, 0.25) is 0 Å². The monoisotopic (exact) mass is 280 g/mol. The Morgan fingerprint density at radius 2 is 2.29 bits per heavy atom. The van der Waals surface area contributed by atoms with Crippen molar-refractivity contribution in [2.45, 2.75) is 23.6 Å². The Morgan fingerprint density at radius 3 is 2.82 bits per heavy atom. The van der Waals surface area contributed by atoms with Crippen LogP contribution < -0.4 is 4.72 Å². The van der Waals surface area contributed by atoms with Gasteiger partial charge in [0.25, 0.3) is 10.0 Å². The van der Waals surface area contributed by atoms with Gasteiger partial charge in [0.15, 0.2) is 9.90 Å². The first-order chi connectivity index (χ1) is 7.88. The third kappa shape index (κ3) is 3.46. The summed E-state index contributed by atoms with van der Waals surface area (Å²) in [7, 11) is -3.90. The first kappa shape index (κ1) is 14.0. The van der Waals surface area contributed by atoms with E-state index in [2.05, 4.69) is 9.71 Å². The van der Waals surface area contributed by atoms with Crippen LogP contribution in [0.1, 0.15) is 23.8 Å². The lowest BCUT2D eigenvalue weighted by Gasteiger charge is -2.11. The molecule has 3 N–H and O–H groups in total. The Morgan fingerprint density at radius 1 is 1.65 bits per heavy atom. The SMILES string of the molecule is CC(CCO)NS(=O)(=O)c1scnc1C(=O)O. The Labute approximate surface area is 102 Å². The molecule has 0 saturated heterocycles. The molecule has 1 rings (SSSR count). The molecule has 0 bridgehead atoms. The molecule has 7 nitrogen and oxygen atoms in total. The standard InChI is InChI=1S/C8H12N2O5S2/c1-5(2-3-11)10-17(14,15)8-6(7(12)13)9-4-16-8/h4-5,10-11H,2-3H2,1H3,(H,12,13). The van der Waals surface area contributed by atoms with Crippen LogP contribution in [0.15, 0.2) is 9.72 Å². The smallest absolute Gasteiger partial charge is 0.356 e. The summed E-state index contributed by atoms with van der Waals surface area (Å²) in [4.78, 5) is 14.2. The van der Waals surface area contributed by atoms with Gasteiger partial charge in [-0.1, -0.05) is 0 Å². The number of nitrogens with one attached hydrogen (secondary N) is 1. The van der Waals surface area contributed by atoms with E-state index in [1.54, 1.807) is 6.92 Å². The van der Waals surface area contributed by atoms with Gasteiger partial charge in [0.05, 0.1) is 5.51 Å². The number of rotatable bonds is 6. The maximum atomic E-state index is 11.8. The number of hydrogen-bond acceptors (Lipinski definition) is 6. The van der Waals surface area contributed by atoms with E-state index < -0.39 is 27.7 Å². The van der Waals surface area contributed by atoms with Crippen molar-refractivity contribution < 1.29 is 23.4 Å². The van der Waals surface area contributed by atoms with Crippen LogP contribution in [0, 0.1) is 0 Å². The zero-order valence-electron chi connectivity index (χ0n) is 8.95. The number of sulfonamides is 1. The van der Waals surface area contributed by atoms with Gasteiger partial charge in [-0.25, -0.2) is 22.9 Å². The highest BCUT2D eigenvalue weighted by molar-refractivity contribution is 7.91. The molecule has 0 aliphatic rings. The summed E-state index contributed by atoms with van der Waals surface area (Å²) < 4.78 is 25.6. The van der Waals surface area contributed by atoms with Crippen LogP contribution in [0.25, 0.3) is 0 Å². The average Bonchev–Trinajstić information content (AvgIpc) is 2.65. The second kappa shape index (κ2) is 5.54. The molecule has 1 aromatic heterocycles. The summed E-state index contributed by atoms with van der Waals surface area (Å²) in [6.07, 6.45) is 0.250. The molecule has 0 aliphatic carbocycles. The van der Waals surface area contributed by atoms with Gasteiger partial charge in [-0.05, 0) is 13.3 Å². The average molecular weight is 280 g/mol. The van der Waals surface area contributed by atoms with Crippen molar-refractivity contribution in [3.63, 3.8) is 0 Å². The van der Waals surface area contributed by atoms with Crippen LogP contribution in [-0.2, 0) is 10.0 Å². The Hall–Kier alpha value is -1.03. The van der Waals surface area contributed by atoms with Crippen molar-refractivity contribution in [1.29, 1.82) is 0 Å². The summed E-state index contributed by atoms with van der Waals surface area (Å²) in [5.41, 5.74) is 0.674. The minimum Gasteiger partial charge on any atom is -0.476 e. The van der Waals surface area contributed by atoms with E-state index in [-0.39, 0.29) is 17.2 Å². The minimum absolute atomic E-state index is 0.155. The summed E-state index contributed by atoms with van der Waals surface area (Å²) in [5.74, 6) is -1.39. The number of nitrogens with zero attached hydrogens (tertiary/aromatic N) is 1. The highest BCUT2D eigenvalue weighted by atomic mass is 32.2. The van der Waals surface area contributed by atoms with Crippen LogP contribution in [0.4, 0.5) is 0 Å². The van der Waals surface area contributed by atoms with Gasteiger partial charge in [-0.2, -0.15) is 0 Å². The number of thiazole rings is 1. The summed E-state index contributed by atoms with van der Waals surface area (Å²) in [6.45, 7) is 1.42. The molecule has 1 aromatic rings. The molecule has 0 spiro atoms. The van der Waals surface area contributed by atoms with Crippen LogP contribution in [0.2, 0.25) is 0 Å². The number of carboxylic acids is 1. The first-order valence-electron chi connectivity index (χ1n) is 4.68. The lowest BCUT2D eigenvalue weighted by molar-refractivity contribution is 0.0687. The fraction of sp³-hybridized carbons (Fsp3) is 0.500. The predicted octanol–water partition coefficient (Wildman–Crippen LogP) is -0.109. The van der Waals surface area contributed by atoms with E-state index in [9.17, 15) is 13.2 Å². The summed E-state index contributed by atoms with van der Waals surface area (Å²) in [5, 5.41) is 17.4. The van der Waals surface area contributed by atoms with Gasteiger partial charge in [0, 0.05) is 12.6 Å². The van der Waals surface area contributed by atoms with E-state index in [4.69, 9.17) is 10.2 Å². The Kier molecular flexibility index (Phi) is 4.57. The fourth-order valence-electron chi connectivity index (χ4n) is 1.14. The molecule has 1 unspecified atom stereocenters. The number of carbonyl (C=O) groups is 1. The molecular weight excluding hydrogens is 268 g/mol. The van der Waals surface area contributed by atoms with E-state index in [0.717, 1.165) is 16.8 Å². The van der Waals surface area contributed by atoms with E-state index in [1.807, 2.05) is 0 Å². The maximum Gasteiger partial charge on any atom is 0.356 e. The molecule has 0 radical (unpaired) electrons. The highest BCUT2D eigenvalue weighted by Gasteiger charge is 2.26. The highest BCUT2D eigenvalue weighted by Crippen LogP contribution is 2.20. The van der Waals surface area contributed by atoms with Gasteiger partial charge in [0.1, 0.15) is 0 Å². The van der Waals surface area contributed by atoms with Gasteiger partial charge >= 0.3 is 5.97 Å². The van der Waals surface area contributed by atoms with E-state index in [0.29, 0.717) is 0 Å². The van der Waals surface area contributed by atoms with Gasteiger partial charge < -0.3 is 10.2 Å². The number of aromatic nitrogens is 1. The minimum atomic E-state index is -3.90. The summed E-state index contributed by atoms with van der Waals surface area (Å²) in [6, 6.07) is -0.478. The molecule has 0 amide bonds. The number of hydrogen-bond donors (Lipinski definition) is 3. The maximum absolute atomic E-state index is 11.8. The number of aromatic carboxylic acids is 1. The van der Waals surface area contributed by atoms with Crippen molar-refractivity contribution in [2.24, 2.45) is 0 Å². The van der Waals surface area contributed by atoms with E-state index >= 15 is 0 Å². The number of aliphatic hydroxyl groups excluding tert-OH is 1. The molecule has 0 aromatic carbocycles. The predicted molar refractivity (Wildman–Crippen MR) is 60.6 cm³/mol. The lowest BCUT2D eigenvalue weighted by Crippen LogP contribution is -2.33. The quantitative estimate of drug-likeness (QED) is 0.669. The Bertz CT molecular complexity index is 496. The second-order valence-corrected chi connectivity index (χ2v) is 6.09. The fourth-order valence-corrected chi connectivity index (χ4v) is 3.57.